The molecule has 2 aromatic carbocycles. The Kier molecular flexibility index (Phi) is 2.79. The van der Waals surface area contributed by atoms with Crippen LogP contribution in [0.3, 0.4) is 0 Å². The van der Waals surface area contributed by atoms with E-state index < -0.39 is 0 Å². The first-order chi connectivity index (χ1) is 8.81. The molecule has 0 nitrogen and oxygen atoms in total. The molecule has 0 spiro atoms. The van der Waals surface area contributed by atoms with E-state index >= 15 is 0 Å². The molecule has 0 saturated carbocycles. The highest BCUT2D eigenvalue weighted by atomic mass is 14.3. The average Bonchev–Trinajstić information content (AvgIpc) is 2.74. The topological polar surface area (TPSA) is 0 Å². The highest BCUT2D eigenvalue weighted by Gasteiger charge is 2.22. The molecule has 0 bridgehead atoms. The maximum absolute atomic E-state index is 2.42. The number of hydrogen-bond donors (Lipinski definition) is 0. The number of hydrogen-bond acceptors (Lipinski definition) is 0. The second-order valence-electron chi connectivity index (χ2n) is 5.06. The van der Waals surface area contributed by atoms with Crippen LogP contribution >= 0.6 is 0 Å². The Morgan fingerprint density at radius 3 is 1.72 bits per heavy atom. The molecule has 0 aliphatic heterocycles. The number of rotatable bonds is 2. The number of allylic oxidation sites excluding steroid dienone is 1. The van der Waals surface area contributed by atoms with Crippen molar-refractivity contribution in [3.63, 3.8) is 0 Å². The zero-order chi connectivity index (χ0) is 12.5. The standard InChI is InChI=1S/C18H18/c1-3-13(2)12-18-16-10-6-4-8-14(16)15-9-5-7-11-17(15)18/h4-13H,3H2,1-2H3/t13-/m0/s1. The molecule has 0 heteroatoms. The van der Waals surface area contributed by atoms with E-state index in [1.165, 1.54) is 34.2 Å². The molecule has 0 radical (unpaired) electrons. The van der Waals surface area contributed by atoms with Gasteiger partial charge in [-0.25, -0.2) is 0 Å². The zero-order valence-electron chi connectivity index (χ0n) is 11.0. The molecule has 0 amide bonds. The molecular formula is C18H18. The van der Waals surface area contributed by atoms with E-state index in [1.54, 1.807) is 0 Å². The van der Waals surface area contributed by atoms with E-state index in [9.17, 15) is 0 Å². The summed E-state index contributed by atoms with van der Waals surface area (Å²) >= 11 is 0. The molecule has 90 valence electrons. The minimum atomic E-state index is 0.624. The molecule has 0 fully saturated rings. The molecule has 2 aromatic rings. The Labute approximate surface area is 109 Å². The van der Waals surface area contributed by atoms with Crippen LogP contribution in [-0.4, -0.2) is 0 Å². The van der Waals surface area contributed by atoms with Crippen molar-refractivity contribution in [1.29, 1.82) is 0 Å². The van der Waals surface area contributed by atoms with Crippen LogP contribution in [0, 0.1) is 5.92 Å². The summed E-state index contributed by atoms with van der Waals surface area (Å²) in [4.78, 5) is 0. The van der Waals surface area contributed by atoms with Crippen LogP contribution in [0.2, 0.25) is 0 Å². The van der Waals surface area contributed by atoms with Gasteiger partial charge in [0.1, 0.15) is 0 Å². The van der Waals surface area contributed by atoms with E-state index in [0.717, 1.165) is 0 Å². The third kappa shape index (κ3) is 1.69. The predicted octanol–water partition coefficient (Wildman–Crippen LogP) is 5.14. The molecule has 0 heterocycles. The summed E-state index contributed by atoms with van der Waals surface area (Å²) in [7, 11) is 0. The van der Waals surface area contributed by atoms with Crippen molar-refractivity contribution in [2.24, 2.45) is 5.92 Å². The van der Waals surface area contributed by atoms with Crippen molar-refractivity contribution < 1.29 is 0 Å². The highest BCUT2D eigenvalue weighted by molar-refractivity contribution is 6.01. The lowest BCUT2D eigenvalue weighted by atomic mass is 9.98. The Balaban J connectivity index is 2.24. The lowest BCUT2D eigenvalue weighted by Crippen LogP contribution is -1.89. The molecule has 3 rings (SSSR count). The fourth-order valence-corrected chi connectivity index (χ4v) is 2.63. The van der Waals surface area contributed by atoms with Gasteiger partial charge < -0.3 is 0 Å². The first-order valence-corrected chi connectivity index (χ1v) is 6.72. The summed E-state index contributed by atoms with van der Waals surface area (Å²) < 4.78 is 0. The molecule has 1 aliphatic rings. The monoisotopic (exact) mass is 234 g/mol. The molecule has 0 N–H and O–H groups in total. The van der Waals surface area contributed by atoms with Crippen LogP contribution in [0.4, 0.5) is 0 Å². The molecule has 18 heavy (non-hydrogen) atoms. The van der Waals surface area contributed by atoms with Gasteiger partial charge in [0.2, 0.25) is 0 Å². The lowest BCUT2D eigenvalue weighted by molar-refractivity contribution is 0.700. The first kappa shape index (κ1) is 11.3. The Morgan fingerprint density at radius 1 is 0.833 bits per heavy atom. The van der Waals surface area contributed by atoms with Gasteiger partial charge in [0, 0.05) is 0 Å². The van der Waals surface area contributed by atoms with Crippen molar-refractivity contribution in [3.8, 4) is 11.1 Å². The summed E-state index contributed by atoms with van der Waals surface area (Å²) in [5.74, 6) is 0.624. The molecule has 1 aliphatic carbocycles. The van der Waals surface area contributed by atoms with Crippen LogP contribution in [0.25, 0.3) is 16.7 Å². The summed E-state index contributed by atoms with van der Waals surface area (Å²) in [5, 5.41) is 0. The van der Waals surface area contributed by atoms with Crippen molar-refractivity contribution >= 4 is 5.57 Å². The van der Waals surface area contributed by atoms with Crippen molar-refractivity contribution in [1.82, 2.24) is 0 Å². The number of fused-ring (bicyclic) bond motifs is 3. The summed E-state index contributed by atoms with van der Waals surface area (Å²) in [6.45, 7) is 4.53. The van der Waals surface area contributed by atoms with Crippen LogP contribution in [0.15, 0.2) is 54.6 Å². The SMILES string of the molecule is CC[C@H](C)C=C1c2ccccc2-c2ccccc21. The molecule has 1 atom stereocenters. The van der Waals surface area contributed by atoms with Gasteiger partial charge in [-0.1, -0.05) is 74.9 Å². The van der Waals surface area contributed by atoms with Crippen LogP contribution in [0.1, 0.15) is 31.4 Å². The quantitative estimate of drug-likeness (QED) is 0.575. The molecule has 0 saturated heterocycles. The normalized spacial score (nSPS) is 14.0. The summed E-state index contributed by atoms with van der Waals surface area (Å²) in [6.07, 6.45) is 3.61. The van der Waals surface area contributed by atoms with Gasteiger partial charge >= 0.3 is 0 Å². The van der Waals surface area contributed by atoms with Crippen molar-refractivity contribution in [2.75, 3.05) is 0 Å². The van der Waals surface area contributed by atoms with Crippen molar-refractivity contribution in [2.45, 2.75) is 20.3 Å². The smallest absolute Gasteiger partial charge is 0.00991 e. The van der Waals surface area contributed by atoms with E-state index in [2.05, 4.69) is 68.5 Å². The second kappa shape index (κ2) is 4.45. The maximum Gasteiger partial charge on any atom is -0.00991 e. The Hall–Kier alpha value is -1.82. The third-order valence-corrected chi connectivity index (χ3v) is 3.82. The highest BCUT2D eigenvalue weighted by Crippen LogP contribution is 2.44. The predicted molar refractivity (Wildman–Crippen MR) is 78.4 cm³/mol. The van der Waals surface area contributed by atoms with Crippen LogP contribution in [-0.2, 0) is 0 Å². The Morgan fingerprint density at radius 2 is 1.28 bits per heavy atom. The van der Waals surface area contributed by atoms with Crippen LogP contribution < -0.4 is 0 Å². The fourth-order valence-electron chi connectivity index (χ4n) is 2.63. The maximum atomic E-state index is 2.42. The van der Waals surface area contributed by atoms with Gasteiger partial charge in [0.05, 0.1) is 0 Å². The first-order valence-electron chi connectivity index (χ1n) is 6.72. The van der Waals surface area contributed by atoms with E-state index in [4.69, 9.17) is 0 Å². The number of benzene rings is 2. The van der Waals surface area contributed by atoms with Gasteiger partial charge in [0.25, 0.3) is 0 Å². The minimum absolute atomic E-state index is 0.624. The van der Waals surface area contributed by atoms with Gasteiger partial charge in [-0.05, 0) is 33.7 Å². The largest absolute Gasteiger partial charge is 0.0732 e. The molecule has 0 aromatic heterocycles. The van der Waals surface area contributed by atoms with Crippen molar-refractivity contribution in [3.05, 3.63) is 65.7 Å². The summed E-state index contributed by atoms with van der Waals surface area (Å²) in [6, 6.07) is 17.5. The van der Waals surface area contributed by atoms with E-state index in [-0.39, 0.29) is 0 Å². The second-order valence-corrected chi connectivity index (χ2v) is 5.06. The zero-order valence-corrected chi connectivity index (χ0v) is 11.0. The fraction of sp³-hybridized carbons (Fsp3) is 0.222. The van der Waals surface area contributed by atoms with E-state index in [0.29, 0.717) is 5.92 Å². The third-order valence-electron chi connectivity index (χ3n) is 3.82. The van der Waals surface area contributed by atoms with Gasteiger partial charge in [0.15, 0.2) is 0 Å². The lowest BCUT2D eigenvalue weighted by Gasteiger charge is -2.06. The van der Waals surface area contributed by atoms with Gasteiger partial charge in [-0.3, -0.25) is 0 Å². The average molecular weight is 234 g/mol. The Bertz CT molecular complexity index is 557. The van der Waals surface area contributed by atoms with Gasteiger partial charge in [-0.2, -0.15) is 0 Å². The van der Waals surface area contributed by atoms with Gasteiger partial charge in [-0.15, -0.1) is 0 Å². The summed E-state index contributed by atoms with van der Waals surface area (Å²) in [5.41, 5.74) is 6.94. The van der Waals surface area contributed by atoms with Crippen LogP contribution in [0.5, 0.6) is 0 Å². The molecular weight excluding hydrogens is 216 g/mol. The minimum Gasteiger partial charge on any atom is -0.0732 e. The van der Waals surface area contributed by atoms with E-state index in [1.807, 2.05) is 0 Å². The molecule has 0 unspecified atom stereocenters.